The molecule has 2 N–H and O–H groups in total. The first-order valence-corrected chi connectivity index (χ1v) is 7.55. The van der Waals surface area contributed by atoms with Gasteiger partial charge in [0.1, 0.15) is 12.4 Å². The molecule has 1 aromatic heterocycles. The van der Waals surface area contributed by atoms with Gasteiger partial charge in [0, 0.05) is 11.6 Å². The Hall–Kier alpha value is -1.81. The maximum Gasteiger partial charge on any atom is 0.221 e. The Morgan fingerprint density at radius 1 is 1.19 bits per heavy atom. The number of pyridine rings is 1. The number of fused-ring (bicyclic) bond motifs is 1. The Bertz CT molecular complexity index is 621. The van der Waals surface area contributed by atoms with Gasteiger partial charge in [-0.15, -0.1) is 0 Å². The van der Waals surface area contributed by atoms with E-state index in [0.717, 1.165) is 29.4 Å². The van der Waals surface area contributed by atoms with Crippen molar-refractivity contribution in [3.63, 3.8) is 0 Å². The zero-order valence-corrected chi connectivity index (χ0v) is 12.5. The highest BCUT2D eigenvalue weighted by molar-refractivity contribution is 5.87. The van der Waals surface area contributed by atoms with E-state index in [1.165, 1.54) is 19.3 Å². The summed E-state index contributed by atoms with van der Waals surface area (Å²) in [5.41, 5.74) is 6.22. The van der Waals surface area contributed by atoms with E-state index >= 15 is 0 Å². The summed E-state index contributed by atoms with van der Waals surface area (Å²) in [6, 6.07) is 7.86. The van der Waals surface area contributed by atoms with E-state index < -0.39 is 0 Å². The molecule has 0 aliphatic heterocycles. The number of hydrogen-bond donors (Lipinski definition) is 1. The minimum Gasteiger partial charge on any atom is -0.497 e. The summed E-state index contributed by atoms with van der Waals surface area (Å²) >= 11 is 0. The van der Waals surface area contributed by atoms with Gasteiger partial charge >= 0.3 is 0 Å². The average Bonchev–Trinajstić information content (AvgIpc) is 2.53. The highest BCUT2D eigenvalue weighted by Crippen LogP contribution is 2.30. The third-order valence-electron chi connectivity index (χ3n) is 4.28. The fraction of sp³-hybridized carbons (Fsp3) is 0.471. The maximum atomic E-state index is 6.42. The van der Waals surface area contributed by atoms with Crippen LogP contribution in [-0.2, 0) is 0 Å². The van der Waals surface area contributed by atoms with Crippen molar-refractivity contribution in [1.82, 2.24) is 4.98 Å². The number of hydrogen-bond acceptors (Lipinski definition) is 4. The number of aromatic nitrogens is 1. The predicted octanol–water partition coefficient (Wildman–Crippen LogP) is 3.28. The van der Waals surface area contributed by atoms with Gasteiger partial charge in [-0.25, -0.2) is 4.98 Å². The van der Waals surface area contributed by atoms with Crippen LogP contribution in [0.25, 0.3) is 10.8 Å². The van der Waals surface area contributed by atoms with E-state index in [0.29, 0.717) is 12.5 Å². The lowest BCUT2D eigenvalue weighted by atomic mass is 9.83. The van der Waals surface area contributed by atoms with E-state index in [2.05, 4.69) is 4.98 Å². The van der Waals surface area contributed by atoms with Crippen LogP contribution in [0.4, 0.5) is 0 Å². The number of rotatable bonds is 4. The molecule has 0 spiro atoms. The number of methoxy groups -OCH3 is 1. The van der Waals surface area contributed by atoms with Crippen LogP contribution in [0.2, 0.25) is 0 Å². The maximum absolute atomic E-state index is 6.42. The van der Waals surface area contributed by atoms with Gasteiger partial charge in [-0.1, -0.05) is 19.3 Å². The topological polar surface area (TPSA) is 57.4 Å². The van der Waals surface area contributed by atoms with Gasteiger partial charge in [0.2, 0.25) is 5.88 Å². The molecule has 3 rings (SSSR count). The minimum atomic E-state index is -0.200. The Morgan fingerprint density at radius 2 is 2.00 bits per heavy atom. The molecule has 4 nitrogen and oxygen atoms in total. The molecule has 1 fully saturated rings. The van der Waals surface area contributed by atoms with Crippen LogP contribution >= 0.6 is 0 Å². The molecule has 0 unspecified atom stereocenters. The number of nitrogens with zero attached hydrogens (tertiary/aromatic N) is 1. The first-order chi connectivity index (χ1) is 10.2. The number of nitrogens with two attached hydrogens (primary N) is 1. The number of ether oxygens (including phenoxy) is 2. The quantitative estimate of drug-likeness (QED) is 0.937. The average molecular weight is 286 g/mol. The van der Waals surface area contributed by atoms with Crippen LogP contribution in [-0.4, -0.2) is 24.2 Å². The molecular formula is C17H22N2O2. The third kappa shape index (κ3) is 3.10. The van der Waals surface area contributed by atoms with Crippen molar-refractivity contribution >= 4 is 10.8 Å². The van der Waals surface area contributed by atoms with Crippen molar-refractivity contribution in [3.8, 4) is 11.6 Å². The lowest BCUT2D eigenvalue weighted by molar-refractivity contribution is 0.171. The van der Waals surface area contributed by atoms with E-state index in [4.69, 9.17) is 15.2 Å². The van der Waals surface area contributed by atoms with Gasteiger partial charge < -0.3 is 15.2 Å². The molecule has 2 aromatic rings. The van der Waals surface area contributed by atoms with Crippen LogP contribution < -0.4 is 15.2 Å². The first kappa shape index (κ1) is 14.1. The molecule has 0 amide bonds. The molecule has 4 heteroatoms. The third-order valence-corrected chi connectivity index (χ3v) is 4.28. The lowest BCUT2D eigenvalue weighted by Gasteiger charge is -2.32. The van der Waals surface area contributed by atoms with Gasteiger partial charge in [0.15, 0.2) is 0 Å². The van der Waals surface area contributed by atoms with Gasteiger partial charge in [0.05, 0.1) is 12.6 Å². The normalized spacial score (nSPS) is 17.6. The van der Waals surface area contributed by atoms with Gasteiger partial charge in [0.25, 0.3) is 0 Å². The zero-order valence-electron chi connectivity index (χ0n) is 12.5. The highest BCUT2D eigenvalue weighted by atomic mass is 16.5. The van der Waals surface area contributed by atoms with Crippen molar-refractivity contribution in [2.75, 3.05) is 13.7 Å². The Balaban J connectivity index is 1.80. The summed E-state index contributed by atoms with van der Waals surface area (Å²) in [5, 5.41) is 2.06. The van der Waals surface area contributed by atoms with Gasteiger partial charge in [-0.3, -0.25) is 0 Å². The molecule has 0 radical (unpaired) electrons. The summed E-state index contributed by atoms with van der Waals surface area (Å²) in [7, 11) is 1.67. The van der Waals surface area contributed by atoms with Crippen LogP contribution in [0.5, 0.6) is 11.6 Å². The van der Waals surface area contributed by atoms with Crippen molar-refractivity contribution < 1.29 is 9.47 Å². The summed E-state index contributed by atoms with van der Waals surface area (Å²) in [4.78, 5) is 4.36. The largest absolute Gasteiger partial charge is 0.497 e. The first-order valence-electron chi connectivity index (χ1n) is 7.55. The molecule has 0 atom stereocenters. The molecule has 21 heavy (non-hydrogen) atoms. The fourth-order valence-electron chi connectivity index (χ4n) is 2.98. The van der Waals surface area contributed by atoms with Crippen LogP contribution in [0.1, 0.15) is 32.1 Å². The molecule has 1 saturated carbocycles. The smallest absolute Gasteiger partial charge is 0.221 e. The second kappa shape index (κ2) is 5.90. The van der Waals surface area contributed by atoms with Crippen molar-refractivity contribution in [2.24, 2.45) is 5.73 Å². The molecule has 112 valence electrons. The minimum absolute atomic E-state index is 0.200. The molecule has 1 aliphatic rings. The summed E-state index contributed by atoms with van der Waals surface area (Å²) in [6.45, 7) is 0.533. The molecule has 1 aliphatic carbocycles. The van der Waals surface area contributed by atoms with Crippen LogP contribution in [0.3, 0.4) is 0 Å². The standard InChI is InChI=1S/C17H22N2O2/c1-20-14-5-6-15-13(11-14)7-10-19-16(15)21-12-17(18)8-3-2-4-9-17/h5-7,10-11H,2-4,8-9,12,18H2,1H3. The summed E-state index contributed by atoms with van der Waals surface area (Å²) < 4.78 is 11.2. The predicted molar refractivity (Wildman–Crippen MR) is 83.8 cm³/mol. The molecule has 1 heterocycles. The number of benzene rings is 1. The van der Waals surface area contributed by atoms with Crippen molar-refractivity contribution in [1.29, 1.82) is 0 Å². The molecular weight excluding hydrogens is 264 g/mol. The molecule has 0 saturated heterocycles. The van der Waals surface area contributed by atoms with Crippen molar-refractivity contribution in [2.45, 2.75) is 37.6 Å². The summed E-state index contributed by atoms with van der Waals surface area (Å²) in [5.74, 6) is 1.49. The van der Waals surface area contributed by atoms with Crippen LogP contribution in [0.15, 0.2) is 30.5 Å². The SMILES string of the molecule is COc1ccc2c(OCC3(N)CCCCC3)nccc2c1. The zero-order chi connectivity index (χ0) is 14.7. The highest BCUT2D eigenvalue weighted by Gasteiger charge is 2.28. The second-order valence-electron chi connectivity index (χ2n) is 5.91. The van der Waals surface area contributed by atoms with Gasteiger partial charge in [-0.05, 0) is 42.5 Å². The monoisotopic (exact) mass is 286 g/mol. The molecule has 0 bridgehead atoms. The Labute approximate surface area is 125 Å². The fourth-order valence-corrected chi connectivity index (χ4v) is 2.98. The van der Waals surface area contributed by atoms with E-state index in [9.17, 15) is 0 Å². The van der Waals surface area contributed by atoms with Gasteiger partial charge in [-0.2, -0.15) is 0 Å². The lowest BCUT2D eigenvalue weighted by Crippen LogP contribution is -2.47. The Morgan fingerprint density at radius 3 is 2.76 bits per heavy atom. The molecule has 1 aromatic carbocycles. The summed E-state index contributed by atoms with van der Waals surface area (Å²) in [6.07, 6.45) is 7.50. The van der Waals surface area contributed by atoms with Crippen molar-refractivity contribution in [3.05, 3.63) is 30.5 Å². The van der Waals surface area contributed by atoms with E-state index in [1.54, 1.807) is 13.3 Å². The van der Waals surface area contributed by atoms with E-state index in [1.807, 2.05) is 24.3 Å². The van der Waals surface area contributed by atoms with Crippen LogP contribution in [0, 0.1) is 0 Å². The Kier molecular flexibility index (Phi) is 3.97. The van der Waals surface area contributed by atoms with E-state index in [-0.39, 0.29) is 5.54 Å². The second-order valence-corrected chi connectivity index (χ2v) is 5.91.